The molecule has 8 nitrogen and oxygen atoms in total. The maximum Gasteiger partial charge on any atom is 0.586 e. The summed E-state index contributed by atoms with van der Waals surface area (Å²) >= 11 is 0. The van der Waals surface area contributed by atoms with Crippen LogP contribution in [0.5, 0.6) is 11.5 Å². The number of nitrogens with zero attached hydrogens (tertiary/aromatic N) is 3. The Morgan fingerprint density at radius 1 is 0.953 bits per heavy atom. The van der Waals surface area contributed by atoms with Crippen LogP contribution in [0.25, 0.3) is 28.1 Å². The van der Waals surface area contributed by atoms with Crippen molar-refractivity contribution in [2.75, 3.05) is 11.2 Å². The fourth-order valence-electron chi connectivity index (χ4n) is 5.10. The molecular formula is C29H23F5N4O4S. The highest BCUT2D eigenvalue weighted by Gasteiger charge is 2.45. The van der Waals surface area contributed by atoms with Gasteiger partial charge in [-0.1, -0.05) is 18.2 Å². The van der Waals surface area contributed by atoms with Crippen molar-refractivity contribution >= 4 is 15.5 Å². The molecule has 0 saturated heterocycles. The number of aromatic nitrogens is 2. The number of allylic oxidation sites excluding steroid dienone is 1. The molecular weight excluding hydrogens is 595 g/mol. The number of benzene rings is 3. The van der Waals surface area contributed by atoms with Gasteiger partial charge in [0.05, 0.1) is 27.7 Å². The second kappa shape index (κ2) is 9.73. The summed E-state index contributed by atoms with van der Waals surface area (Å²) in [6, 6.07) is 16.7. The van der Waals surface area contributed by atoms with Crippen LogP contribution in [0.1, 0.15) is 12.6 Å². The third kappa shape index (κ3) is 5.26. The Hall–Kier alpha value is -4.59. The molecule has 2 aliphatic rings. The summed E-state index contributed by atoms with van der Waals surface area (Å²) in [5.41, 5.74) is 1.75. The molecule has 14 heteroatoms. The molecule has 3 aromatic carbocycles. The average Bonchev–Trinajstić information content (AvgIpc) is 3.60. The largest absolute Gasteiger partial charge is 0.586 e. The Kier molecular flexibility index (Phi) is 6.45. The molecule has 1 aromatic heterocycles. The van der Waals surface area contributed by atoms with Crippen molar-refractivity contribution in [3.63, 3.8) is 0 Å². The first-order valence-electron chi connectivity index (χ1n) is 12.9. The first kappa shape index (κ1) is 28.5. The number of anilines is 1. The van der Waals surface area contributed by atoms with E-state index in [1.165, 1.54) is 41.1 Å². The number of nitrogens with one attached hydrogen (secondary N) is 1. The minimum absolute atomic E-state index is 0.0772. The van der Waals surface area contributed by atoms with Crippen LogP contribution in [0.4, 0.5) is 27.6 Å². The lowest BCUT2D eigenvalue weighted by atomic mass is 9.98. The topological polar surface area (TPSA) is 85.7 Å². The van der Waals surface area contributed by atoms with Crippen LogP contribution >= 0.6 is 0 Å². The normalized spacial score (nSPS) is 17.6. The van der Waals surface area contributed by atoms with Crippen molar-refractivity contribution in [3.8, 4) is 39.6 Å². The van der Waals surface area contributed by atoms with Gasteiger partial charge >= 0.3 is 12.5 Å². The summed E-state index contributed by atoms with van der Waals surface area (Å²) in [5, 5.41) is 7.22. The number of alkyl halides is 5. The van der Waals surface area contributed by atoms with Crippen molar-refractivity contribution in [2.45, 2.75) is 37.4 Å². The molecule has 0 aliphatic carbocycles. The second-order valence-electron chi connectivity index (χ2n) is 10.2. The highest BCUT2D eigenvalue weighted by molar-refractivity contribution is 7.90. The van der Waals surface area contributed by atoms with Gasteiger partial charge in [0.1, 0.15) is 11.9 Å². The average molecular weight is 619 g/mol. The predicted molar refractivity (Wildman–Crippen MR) is 148 cm³/mol. The van der Waals surface area contributed by atoms with Crippen LogP contribution in [0, 0.1) is 6.92 Å². The van der Waals surface area contributed by atoms with Crippen molar-refractivity contribution in [2.24, 2.45) is 0 Å². The van der Waals surface area contributed by atoms with Crippen LogP contribution in [0.2, 0.25) is 0 Å². The Morgan fingerprint density at radius 2 is 1.67 bits per heavy atom. The van der Waals surface area contributed by atoms with E-state index < -0.39 is 34.2 Å². The Morgan fingerprint density at radius 3 is 2.40 bits per heavy atom. The molecule has 1 atom stereocenters. The van der Waals surface area contributed by atoms with Gasteiger partial charge < -0.3 is 19.7 Å². The van der Waals surface area contributed by atoms with Gasteiger partial charge in [-0.15, -0.1) is 8.78 Å². The molecule has 1 N–H and O–H groups in total. The number of fused-ring (bicyclic) bond motifs is 1. The van der Waals surface area contributed by atoms with E-state index in [0.29, 0.717) is 28.1 Å². The molecule has 0 radical (unpaired) electrons. The van der Waals surface area contributed by atoms with E-state index >= 15 is 0 Å². The molecule has 1 unspecified atom stereocenters. The predicted octanol–water partition coefficient (Wildman–Crippen LogP) is 6.40. The van der Waals surface area contributed by atoms with E-state index in [9.17, 15) is 30.4 Å². The molecule has 0 amide bonds. The van der Waals surface area contributed by atoms with Gasteiger partial charge in [-0.2, -0.15) is 18.3 Å². The summed E-state index contributed by atoms with van der Waals surface area (Å²) < 4.78 is 105. The first-order valence-corrected chi connectivity index (χ1v) is 14.7. The number of hydrogen-bond acceptors (Lipinski definition) is 7. The quantitative estimate of drug-likeness (QED) is 0.259. The van der Waals surface area contributed by atoms with Gasteiger partial charge in [0.25, 0.3) is 0 Å². The molecule has 0 bridgehead atoms. The van der Waals surface area contributed by atoms with Gasteiger partial charge in [0.2, 0.25) is 0 Å². The lowest BCUT2D eigenvalue weighted by molar-refractivity contribution is -0.286. The summed E-state index contributed by atoms with van der Waals surface area (Å²) in [5.74, 6) is -0.405. The molecule has 3 heterocycles. The summed E-state index contributed by atoms with van der Waals surface area (Å²) in [4.78, 5) is 1.19. The maximum absolute atomic E-state index is 14.1. The zero-order valence-corrected chi connectivity index (χ0v) is 23.6. The van der Waals surface area contributed by atoms with Gasteiger partial charge in [-0.05, 0) is 67.4 Å². The number of aryl methyl sites for hydroxylation is 1. The van der Waals surface area contributed by atoms with Crippen LogP contribution < -0.4 is 19.7 Å². The van der Waals surface area contributed by atoms with Gasteiger partial charge in [0.15, 0.2) is 21.3 Å². The summed E-state index contributed by atoms with van der Waals surface area (Å²) in [6.45, 7) is 3.25. The number of rotatable bonds is 5. The number of hydrogen-bond donors (Lipinski definition) is 1. The second-order valence-corrected chi connectivity index (χ2v) is 12.2. The Bertz CT molecular complexity index is 1900. The zero-order valence-electron chi connectivity index (χ0n) is 22.8. The minimum atomic E-state index is -4.68. The third-order valence-electron chi connectivity index (χ3n) is 6.99. The molecule has 6 rings (SSSR count). The zero-order chi connectivity index (χ0) is 30.9. The van der Waals surface area contributed by atoms with Crippen molar-refractivity contribution in [3.05, 3.63) is 84.3 Å². The molecule has 4 aromatic rings. The molecule has 224 valence electrons. The maximum atomic E-state index is 14.1. The van der Waals surface area contributed by atoms with Crippen LogP contribution in [-0.4, -0.2) is 43.1 Å². The number of sulfone groups is 1. The third-order valence-corrected chi connectivity index (χ3v) is 8.10. The smallest absolute Gasteiger partial charge is 0.395 e. The van der Waals surface area contributed by atoms with E-state index in [1.807, 2.05) is 0 Å². The van der Waals surface area contributed by atoms with E-state index in [-0.39, 0.29) is 27.8 Å². The van der Waals surface area contributed by atoms with Gasteiger partial charge in [-0.3, -0.25) is 0 Å². The monoisotopic (exact) mass is 618 g/mol. The first-order chi connectivity index (χ1) is 20.1. The van der Waals surface area contributed by atoms with E-state index in [0.717, 1.165) is 17.4 Å². The number of halogens is 5. The van der Waals surface area contributed by atoms with Crippen LogP contribution in [-0.2, 0) is 9.84 Å². The van der Waals surface area contributed by atoms with Gasteiger partial charge in [-0.25, -0.2) is 13.1 Å². The Balaban J connectivity index is 1.56. The lowest BCUT2D eigenvalue weighted by Gasteiger charge is -2.30. The van der Waals surface area contributed by atoms with Crippen molar-refractivity contribution < 1.29 is 39.8 Å². The van der Waals surface area contributed by atoms with E-state index in [4.69, 9.17) is 0 Å². The molecule has 0 fully saturated rings. The minimum Gasteiger partial charge on any atom is -0.395 e. The standard InChI is InChI=1S/C29H23F5N4O4S/c1-16-11-24(38(36-16)20-8-10-25-26(14-20)42-29(33,34)41-25)22-13-19(18-5-4-6-21(12-18)43(3,39)40)7-9-23(22)37-17(2)35-15-27(37)28(30,31)32/h4-15,17,35H,1-3H3. The van der Waals surface area contributed by atoms with Gasteiger partial charge in [0, 0.05) is 24.1 Å². The van der Waals surface area contributed by atoms with Crippen LogP contribution in [0.15, 0.2) is 83.5 Å². The summed E-state index contributed by atoms with van der Waals surface area (Å²) in [6.07, 6.45) is -7.32. The van der Waals surface area contributed by atoms with E-state index in [2.05, 4.69) is 19.9 Å². The fourth-order valence-corrected chi connectivity index (χ4v) is 5.77. The highest BCUT2D eigenvalue weighted by Crippen LogP contribution is 2.45. The fraction of sp³-hybridized carbons (Fsp3) is 0.207. The van der Waals surface area contributed by atoms with Crippen LogP contribution in [0.3, 0.4) is 0 Å². The molecule has 0 spiro atoms. The molecule has 43 heavy (non-hydrogen) atoms. The summed E-state index contributed by atoms with van der Waals surface area (Å²) in [7, 11) is -3.54. The lowest BCUT2D eigenvalue weighted by Crippen LogP contribution is -2.38. The SMILES string of the molecule is Cc1cc(-c2cc(-c3cccc(S(C)(=O)=O)c3)ccc2N2C(C(F)(F)F)=CNC2C)n(-c2ccc3c(c2)OC(F)(F)O3)n1. The van der Waals surface area contributed by atoms with E-state index in [1.54, 1.807) is 44.2 Å². The number of ether oxygens (including phenoxy) is 2. The molecule has 2 aliphatic heterocycles. The Labute approximate surface area is 242 Å². The van der Waals surface area contributed by atoms with Crippen molar-refractivity contribution in [1.82, 2.24) is 15.1 Å². The highest BCUT2D eigenvalue weighted by atomic mass is 32.2. The van der Waals surface area contributed by atoms with Crippen molar-refractivity contribution in [1.29, 1.82) is 0 Å². The molecule has 0 saturated carbocycles.